The van der Waals surface area contributed by atoms with Gasteiger partial charge in [0.15, 0.2) is 23.3 Å². The van der Waals surface area contributed by atoms with Gasteiger partial charge < -0.3 is 0 Å². The van der Waals surface area contributed by atoms with Gasteiger partial charge in [-0.3, -0.25) is 4.79 Å². The Labute approximate surface area is 88.8 Å². The van der Waals surface area contributed by atoms with E-state index >= 15 is 0 Å². The first-order valence-corrected chi connectivity index (χ1v) is 4.26. The monoisotopic (exact) mass is 290 g/mol. The van der Waals surface area contributed by atoms with Crippen LogP contribution in [0.25, 0.3) is 0 Å². The lowest BCUT2D eigenvalue weighted by Gasteiger charge is -2.04. The van der Waals surface area contributed by atoms with Crippen molar-refractivity contribution in [1.82, 2.24) is 0 Å². The van der Waals surface area contributed by atoms with E-state index in [-0.39, 0.29) is 0 Å². The van der Waals surface area contributed by atoms with Crippen LogP contribution in [0.3, 0.4) is 0 Å². The molecule has 0 saturated heterocycles. The first-order valence-electron chi connectivity index (χ1n) is 3.09. The van der Waals surface area contributed by atoms with E-state index in [1.807, 2.05) is 0 Å². The van der Waals surface area contributed by atoms with Crippen LogP contribution >= 0.6 is 27.5 Å². The number of carbonyl (C=O) groups is 1. The second-order valence-electron chi connectivity index (χ2n) is 2.22. The van der Waals surface area contributed by atoms with E-state index in [2.05, 4.69) is 15.9 Å². The van der Waals surface area contributed by atoms with Gasteiger partial charge >= 0.3 is 0 Å². The molecule has 0 saturated carbocycles. The number of benzene rings is 1. The predicted octanol–water partition coefficient (Wildman–Crippen LogP) is 3.38. The van der Waals surface area contributed by atoms with Crippen molar-refractivity contribution in [2.24, 2.45) is 0 Å². The summed E-state index contributed by atoms with van der Waals surface area (Å²) in [4.78, 5) is 10.5. The van der Waals surface area contributed by atoms with Crippen LogP contribution < -0.4 is 0 Å². The average molecular weight is 291 g/mol. The zero-order valence-corrected chi connectivity index (χ0v) is 8.52. The molecule has 0 N–H and O–H groups in total. The number of rotatable bonds is 1. The van der Waals surface area contributed by atoms with E-state index in [1.165, 1.54) is 0 Å². The molecule has 0 aliphatic heterocycles. The van der Waals surface area contributed by atoms with Gasteiger partial charge in [0.2, 0.25) is 0 Å². The maximum absolute atomic E-state index is 13.0. The van der Waals surface area contributed by atoms with Gasteiger partial charge in [-0.2, -0.15) is 0 Å². The molecule has 0 aromatic heterocycles. The number of halogens is 6. The standard InChI is InChI=1S/C7BrClF4O/c8-2-3(10)1(7(9)14)4(11)6(13)5(2)12. The van der Waals surface area contributed by atoms with E-state index in [1.54, 1.807) is 0 Å². The topological polar surface area (TPSA) is 17.1 Å². The second-order valence-corrected chi connectivity index (χ2v) is 3.35. The fraction of sp³-hybridized carbons (Fsp3) is 0. The summed E-state index contributed by atoms with van der Waals surface area (Å²) in [6, 6.07) is 0. The van der Waals surface area contributed by atoms with Crippen LogP contribution in [0.2, 0.25) is 0 Å². The van der Waals surface area contributed by atoms with Crippen LogP contribution in [-0.2, 0) is 0 Å². The van der Waals surface area contributed by atoms with E-state index in [9.17, 15) is 22.4 Å². The Hall–Kier alpha value is -0.620. The van der Waals surface area contributed by atoms with E-state index in [0.717, 1.165) is 0 Å². The van der Waals surface area contributed by atoms with Crippen LogP contribution in [0.4, 0.5) is 17.6 Å². The highest BCUT2D eigenvalue weighted by Gasteiger charge is 2.27. The number of hydrogen-bond acceptors (Lipinski definition) is 1. The molecular formula is C7BrClF4O. The average Bonchev–Trinajstić information content (AvgIpc) is 2.11. The molecule has 14 heavy (non-hydrogen) atoms. The summed E-state index contributed by atoms with van der Waals surface area (Å²) in [6.07, 6.45) is 0. The fourth-order valence-corrected chi connectivity index (χ4v) is 1.32. The predicted molar refractivity (Wildman–Crippen MR) is 44.2 cm³/mol. The van der Waals surface area contributed by atoms with Gasteiger partial charge in [0, 0.05) is 0 Å². The molecular weight excluding hydrogens is 291 g/mol. The Kier molecular flexibility index (Phi) is 3.16. The molecule has 1 nitrogen and oxygen atoms in total. The van der Waals surface area contributed by atoms with Crippen molar-refractivity contribution in [3.8, 4) is 0 Å². The van der Waals surface area contributed by atoms with Crippen molar-refractivity contribution >= 4 is 32.8 Å². The van der Waals surface area contributed by atoms with Gasteiger partial charge in [-0.15, -0.1) is 0 Å². The minimum absolute atomic E-state index is 0.972. The molecule has 0 unspecified atom stereocenters. The lowest BCUT2D eigenvalue weighted by atomic mass is 10.2. The Morgan fingerprint density at radius 3 is 1.93 bits per heavy atom. The maximum Gasteiger partial charge on any atom is 0.258 e. The van der Waals surface area contributed by atoms with Crippen molar-refractivity contribution in [2.45, 2.75) is 0 Å². The SMILES string of the molecule is O=C(Cl)c1c(F)c(F)c(F)c(Br)c1F. The van der Waals surface area contributed by atoms with Crippen molar-refractivity contribution in [3.63, 3.8) is 0 Å². The molecule has 0 heterocycles. The van der Waals surface area contributed by atoms with Crippen molar-refractivity contribution < 1.29 is 22.4 Å². The lowest BCUT2D eigenvalue weighted by molar-refractivity contribution is 0.107. The smallest absolute Gasteiger partial charge is 0.258 e. The summed E-state index contributed by atoms with van der Waals surface area (Å²) in [5, 5.41) is -1.54. The van der Waals surface area contributed by atoms with Crippen LogP contribution in [0, 0.1) is 23.3 Å². The second kappa shape index (κ2) is 3.86. The van der Waals surface area contributed by atoms with Gasteiger partial charge in [0.1, 0.15) is 5.56 Å². The minimum atomic E-state index is -1.96. The highest BCUT2D eigenvalue weighted by Crippen LogP contribution is 2.28. The summed E-state index contributed by atoms with van der Waals surface area (Å²) in [7, 11) is 0. The largest absolute Gasteiger partial charge is 0.275 e. The lowest BCUT2D eigenvalue weighted by Crippen LogP contribution is -2.06. The summed E-state index contributed by atoms with van der Waals surface area (Å²) < 4.78 is 50.0. The molecule has 0 aliphatic rings. The Bertz CT molecular complexity index is 392. The third kappa shape index (κ3) is 1.64. The molecule has 0 amide bonds. The molecule has 1 rings (SSSR count). The van der Waals surface area contributed by atoms with Gasteiger partial charge in [-0.25, -0.2) is 17.6 Å². The minimum Gasteiger partial charge on any atom is -0.275 e. The molecule has 7 heteroatoms. The third-order valence-electron chi connectivity index (χ3n) is 1.41. The molecule has 76 valence electrons. The fourth-order valence-electron chi connectivity index (χ4n) is 0.777. The number of carbonyl (C=O) groups excluding carboxylic acids is 1. The summed E-state index contributed by atoms with van der Waals surface area (Å²) in [6.45, 7) is 0. The van der Waals surface area contributed by atoms with Gasteiger partial charge in [0.05, 0.1) is 4.47 Å². The van der Waals surface area contributed by atoms with Crippen LogP contribution in [0.1, 0.15) is 10.4 Å². The number of hydrogen-bond donors (Lipinski definition) is 0. The Balaban J connectivity index is 3.68. The van der Waals surface area contributed by atoms with Gasteiger partial charge in [0.25, 0.3) is 5.24 Å². The highest BCUT2D eigenvalue weighted by molar-refractivity contribution is 9.10. The van der Waals surface area contributed by atoms with Crippen molar-refractivity contribution in [1.29, 1.82) is 0 Å². The van der Waals surface area contributed by atoms with Gasteiger partial charge in [-0.05, 0) is 27.5 Å². The molecule has 1 aromatic rings. The first-order chi connectivity index (χ1) is 6.37. The maximum atomic E-state index is 13.0. The quantitative estimate of drug-likeness (QED) is 0.335. The summed E-state index contributed by atoms with van der Waals surface area (Å²) >= 11 is 7.10. The molecule has 0 bridgehead atoms. The molecule has 0 atom stereocenters. The molecule has 1 aromatic carbocycles. The van der Waals surface area contributed by atoms with Gasteiger partial charge in [-0.1, -0.05) is 0 Å². The summed E-state index contributed by atoms with van der Waals surface area (Å²) in [5.74, 6) is -7.21. The zero-order chi connectivity index (χ0) is 11.0. The van der Waals surface area contributed by atoms with Crippen molar-refractivity contribution in [2.75, 3.05) is 0 Å². The first kappa shape index (κ1) is 11.5. The van der Waals surface area contributed by atoms with Crippen LogP contribution in [0.5, 0.6) is 0 Å². The Morgan fingerprint density at radius 1 is 1.00 bits per heavy atom. The molecule has 0 aliphatic carbocycles. The highest BCUT2D eigenvalue weighted by atomic mass is 79.9. The van der Waals surface area contributed by atoms with E-state index < -0.39 is 38.5 Å². The van der Waals surface area contributed by atoms with E-state index in [4.69, 9.17) is 11.6 Å². The summed E-state index contributed by atoms with van der Waals surface area (Å²) in [5.41, 5.74) is -1.32. The van der Waals surface area contributed by atoms with E-state index in [0.29, 0.717) is 0 Å². The van der Waals surface area contributed by atoms with Crippen LogP contribution in [0.15, 0.2) is 4.47 Å². The molecule has 0 fully saturated rings. The third-order valence-corrected chi connectivity index (χ3v) is 2.29. The Morgan fingerprint density at radius 2 is 1.50 bits per heavy atom. The normalized spacial score (nSPS) is 10.4. The zero-order valence-electron chi connectivity index (χ0n) is 6.18. The molecule has 0 radical (unpaired) electrons. The van der Waals surface area contributed by atoms with Crippen LogP contribution in [-0.4, -0.2) is 5.24 Å². The molecule has 0 spiro atoms. The van der Waals surface area contributed by atoms with Crippen molar-refractivity contribution in [3.05, 3.63) is 33.3 Å².